The van der Waals surface area contributed by atoms with E-state index in [4.69, 9.17) is 5.73 Å². The third-order valence-electron chi connectivity index (χ3n) is 4.58. The number of nitrogens with one attached hydrogen (secondary N) is 2. The van der Waals surface area contributed by atoms with Crippen LogP contribution in [-0.4, -0.2) is 25.0 Å². The molecule has 3 aromatic heterocycles. The molecule has 0 atom stereocenters. The Kier molecular flexibility index (Phi) is 4.01. The number of aliphatic hydroxyl groups is 1. The molecular weight excluding hydrogens is 338 g/mol. The first-order valence-electron chi connectivity index (χ1n) is 8.48. The van der Waals surface area contributed by atoms with Gasteiger partial charge in [0.05, 0.1) is 17.4 Å². The SMILES string of the molecule is C=C/C(O)=C\C=C(/C)c1c[nH]c2ncc(-c3c(N)ccc4[nH]cnc34)cc12. The number of hydrogen-bond acceptors (Lipinski definition) is 4. The molecule has 6 nitrogen and oxygen atoms in total. The zero-order valence-corrected chi connectivity index (χ0v) is 14.8. The molecule has 0 bridgehead atoms. The van der Waals surface area contributed by atoms with Gasteiger partial charge in [0, 0.05) is 40.2 Å². The molecule has 5 N–H and O–H groups in total. The van der Waals surface area contributed by atoms with Gasteiger partial charge in [-0.2, -0.15) is 0 Å². The highest BCUT2D eigenvalue weighted by molar-refractivity contribution is 6.01. The van der Waals surface area contributed by atoms with Crippen LogP contribution in [0.4, 0.5) is 5.69 Å². The number of fused-ring (bicyclic) bond motifs is 2. The van der Waals surface area contributed by atoms with Gasteiger partial charge in [0.1, 0.15) is 11.4 Å². The minimum atomic E-state index is 0.117. The summed E-state index contributed by atoms with van der Waals surface area (Å²) in [5.74, 6) is 0.117. The third kappa shape index (κ3) is 2.87. The number of imidazole rings is 1. The molecule has 0 radical (unpaired) electrons. The fraction of sp³-hybridized carbons (Fsp3) is 0.0476. The van der Waals surface area contributed by atoms with Crippen LogP contribution in [0.2, 0.25) is 0 Å². The standard InChI is InChI=1S/C21H19N5O/c1-3-14(27)5-4-12(2)16-10-24-21-15(16)8-13(9-23-21)19-17(22)6-7-18-20(19)26-11-25-18/h3-11,27H,1,22H2,2H3,(H,23,24)(H,25,26)/b12-4+,14-5+. The van der Waals surface area contributed by atoms with Crippen molar-refractivity contribution in [3.63, 3.8) is 0 Å². The molecule has 0 aliphatic rings. The van der Waals surface area contributed by atoms with E-state index in [1.165, 1.54) is 6.08 Å². The lowest BCUT2D eigenvalue weighted by atomic mass is 10.0. The van der Waals surface area contributed by atoms with E-state index in [0.29, 0.717) is 5.69 Å². The summed E-state index contributed by atoms with van der Waals surface area (Å²) in [6.07, 6.45) is 10.2. The third-order valence-corrected chi connectivity index (χ3v) is 4.58. The summed E-state index contributed by atoms with van der Waals surface area (Å²) >= 11 is 0. The van der Waals surface area contributed by atoms with E-state index in [1.54, 1.807) is 18.6 Å². The molecule has 0 saturated carbocycles. The summed E-state index contributed by atoms with van der Waals surface area (Å²) in [5, 5.41) is 10.5. The predicted octanol–water partition coefficient (Wildman–Crippen LogP) is 4.72. The summed E-state index contributed by atoms with van der Waals surface area (Å²) in [6, 6.07) is 5.84. The topological polar surface area (TPSA) is 104 Å². The van der Waals surface area contributed by atoms with Crippen LogP contribution in [0.25, 0.3) is 38.8 Å². The molecule has 134 valence electrons. The van der Waals surface area contributed by atoms with E-state index in [-0.39, 0.29) is 5.76 Å². The van der Waals surface area contributed by atoms with Crippen LogP contribution in [-0.2, 0) is 0 Å². The Labute approximate surface area is 155 Å². The summed E-state index contributed by atoms with van der Waals surface area (Å²) < 4.78 is 0. The van der Waals surface area contributed by atoms with Crippen molar-refractivity contribution in [2.75, 3.05) is 5.73 Å². The van der Waals surface area contributed by atoms with Gasteiger partial charge in [-0.3, -0.25) is 0 Å². The normalized spacial score (nSPS) is 12.8. The number of nitrogens with zero attached hydrogens (tertiary/aromatic N) is 2. The number of aromatic nitrogens is 4. The van der Waals surface area contributed by atoms with Gasteiger partial charge < -0.3 is 20.8 Å². The van der Waals surface area contributed by atoms with Crippen LogP contribution >= 0.6 is 0 Å². The summed E-state index contributed by atoms with van der Waals surface area (Å²) in [6.45, 7) is 5.52. The molecule has 3 heterocycles. The van der Waals surface area contributed by atoms with Gasteiger partial charge in [-0.1, -0.05) is 12.7 Å². The number of aliphatic hydroxyl groups excluding tert-OH is 1. The van der Waals surface area contributed by atoms with Crippen LogP contribution in [0.1, 0.15) is 12.5 Å². The van der Waals surface area contributed by atoms with Crippen molar-refractivity contribution < 1.29 is 5.11 Å². The van der Waals surface area contributed by atoms with Gasteiger partial charge in [0.15, 0.2) is 0 Å². The molecule has 0 saturated heterocycles. The monoisotopic (exact) mass is 357 g/mol. The molecule has 6 heteroatoms. The second-order valence-corrected chi connectivity index (χ2v) is 6.30. The van der Waals surface area contributed by atoms with E-state index in [2.05, 4.69) is 32.6 Å². The van der Waals surface area contributed by atoms with E-state index >= 15 is 0 Å². The van der Waals surface area contributed by atoms with E-state index < -0.39 is 0 Å². The van der Waals surface area contributed by atoms with Crippen molar-refractivity contribution in [2.45, 2.75) is 6.92 Å². The molecule has 0 aliphatic carbocycles. The highest BCUT2D eigenvalue weighted by atomic mass is 16.3. The van der Waals surface area contributed by atoms with Gasteiger partial charge in [-0.05, 0) is 42.8 Å². The van der Waals surface area contributed by atoms with Crippen molar-refractivity contribution >= 4 is 33.3 Å². The largest absolute Gasteiger partial charge is 0.508 e. The molecule has 1 aromatic carbocycles. The van der Waals surface area contributed by atoms with Crippen molar-refractivity contribution in [2.24, 2.45) is 0 Å². The second-order valence-electron chi connectivity index (χ2n) is 6.30. The maximum atomic E-state index is 9.58. The number of H-pyrrole nitrogens is 2. The number of allylic oxidation sites excluding steroid dienone is 4. The van der Waals surface area contributed by atoms with Crippen molar-refractivity contribution in [1.29, 1.82) is 0 Å². The van der Waals surface area contributed by atoms with Crippen molar-refractivity contribution in [3.8, 4) is 11.1 Å². The zero-order chi connectivity index (χ0) is 19.0. The van der Waals surface area contributed by atoms with Gasteiger partial charge in [0.2, 0.25) is 0 Å². The van der Waals surface area contributed by atoms with Crippen molar-refractivity contribution in [3.05, 3.63) is 73.0 Å². The lowest BCUT2D eigenvalue weighted by Crippen LogP contribution is -1.92. The first-order valence-corrected chi connectivity index (χ1v) is 8.48. The molecule has 0 unspecified atom stereocenters. The van der Waals surface area contributed by atoms with Crippen LogP contribution in [0.3, 0.4) is 0 Å². The van der Waals surface area contributed by atoms with Gasteiger partial charge in [0.25, 0.3) is 0 Å². The summed E-state index contributed by atoms with van der Waals surface area (Å²) in [5.41, 5.74) is 13.2. The first-order chi connectivity index (χ1) is 13.1. The Balaban J connectivity index is 1.89. The number of benzene rings is 1. The van der Waals surface area contributed by atoms with Crippen LogP contribution in [0.15, 0.2) is 67.5 Å². The average molecular weight is 357 g/mol. The molecule has 4 rings (SSSR count). The van der Waals surface area contributed by atoms with E-state index in [9.17, 15) is 5.11 Å². The molecule has 0 amide bonds. The minimum absolute atomic E-state index is 0.117. The van der Waals surface area contributed by atoms with E-state index in [1.807, 2.05) is 31.3 Å². The fourth-order valence-electron chi connectivity index (χ4n) is 3.16. The van der Waals surface area contributed by atoms with Crippen LogP contribution in [0, 0.1) is 0 Å². The van der Waals surface area contributed by atoms with Crippen molar-refractivity contribution in [1.82, 2.24) is 19.9 Å². The van der Waals surface area contributed by atoms with Gasteiger partial charge in [-0.25, -0.2) is 9.97 Å². The molecule has 0 fully saturated rings. The lowest BCUT2D eigenvalue weighted by molar-refractivity contribution is 0.433. The summed E-state index contributed by atoms with van der Waals surface area (Å²) in [7, 11) is 0. The van der Waals surface area contributed by atoms with Crippen LogP contribution < -0.4 is 5.73 Å². The Morgan fingerprint density at radius 3 is 2.89 bits per heavy atom. The first kappa shape index (κ1) is 16.7. The minimum Gasteiger partial charge on any atom is -0.508 e. The molecule has 0 aliphatic heterocycles. The fourth-order valence-corrected chi connectivity index (χ4v) is 3.16. The van der Waals surface area contributed by atoms with Gasteiger partial charge >= 0.3 is 0 Å². The number of nitrogens with two attached hydrogens (primary N) is 1. The maximum Gasteiger partial charge on any atom is 0.137 e. The number of hydrogen-bond donors (Lipinski definition) is 4. The number of aromatic amines is 2. The quantitative estimate of drug-likeness (QED) is 0.241. The second kappa shape index (κ2) is 6.49. The number of pyridine rings is 1. The van der Waals surface area contributed by atoms with E-state index in [0.717, 1.165) is 44.3 Å². The smallest absolute Gasteiger partial charge is 0.137 e. The molecular formula is C21H19N5O. The highest BCUT2D eigenvalue weighted by Crippen LogP contribution is 2.34. The lowest BCUT2D eigenvalue weighted by Gasteiger charge is -2.07. The molecule has 0 spiro atoms. The summed E-state index contributed by atoms with van der Waals surface area (Å²) in [4.78, 5) is 15.3. The number of anilines is 1. The average Bonchev–Trinajstić information content (AvgIpc) is 3.31. The number of rotatable bonds is 4. The number of nitrogen functional groups attached to an aromatic ring is 1. The Morgan fingerprint density at radius 2 is 2.07 bits per heavy atom. The highest BCUT2D eigenvalue weighted by Gasteiger charge is 2.13. The van der Waals surface area contributed by atoms with Crippen LogP contribution in [0.5, 0.6) is 0 Å². The Morgan fingerprint density at radius 1 is 1.22 bits per heavy atom. The Bertz CT molecular complexity index is 1230. The predicted molar refractivity (Wildman–Crippen MR) is 110 cm³/mol. The Hall–Kier alpha value is -3.80. The molecule has 27 heavy (non-hydrogen) atoms. The van der Waals surface area contributed by atoms with Gasteiger partial charge in [-0.15, -0.1) is 0 Å². The zero-order valence-electron chi connectivity index (χ0n) is 14.8. The molecule has 4 aromatic rings. The maximum absolute atomic E-state index is 9.58.